The van der Waals surface area contributed by atoms with Crippen molar-refractivity contribution < 1.29 is 17.4 Å². The monoisotopic (exact) mass is 672 g/mol. The Kier molecular flexibility index (Phi) is 10.0. The fourth-order valence-electron chi connectivity index (χ4n) is 9.55. The van der Waals surface area contributed by atoms with Crippen LogP contribution in [0.1, 0.15) is 137 Å². The SMILES string of the molecule is CC1=Cc2c(C3CCCCC3)cccc2[CH]1[Zr]([CH3])([CH3])(=[SiH2])[CH]1C(C(C)C)=Cc2c(C3CCCCC3)cccc21.Cl.Cl. The topological polar surface area (TPSA) is 0 Å². The first kappa shape index (κ1) is 32.5. The van der Waals surface area contributed by atoms with E-state index < -0.39 is 17.4 Å². The van der Waals surface area contributed by atoms with Gasteiger partial charge in [-0.1, -0.05) is 0 Å². The van der Waals surface area contributed by atoms with Crippen LogP contribution in [0.3, 0.4) is 0 Å². The van der Waals surface area contributed by atoms with Gasteiger partial charge in [0.15, 0.2) is 0 Å². The molecule has 2 aromatic rings. The molecule has 2 aromatic carbocycles. The van der Waals surface area contributed by atoms with E-state index >= 15 is 0 Å². The Morgan fingerprint density at radius 3 is 1.55 bits per heavy atom. The van der Waals surface area contributed by atoms with Gasteiger partial charge in [-0.3, -0.25) is 0 Å². The number of benzene rings is 2. The van der Waals surface area contributed by atoms with Gasteiger partial charge < -0.3 is 0 Å². The van der Waals surface area contributed by atoms with Crippen LogP contribution in [-0.4, -0.2) is 6.88 Å². The van der Waals surface area contributed by atoms with Gasteiger partial charge >= 0.3 is 237 Å². The van der Waals surface area contributed by atoms with Crippen molar-refractivity contribution in [3.63, 3.8) is 0 Å². The maximum absolute atomic E-state index is 3.47. The zero-order valence-electron chi connectivity index (χ0n) is 25.6. The first-order valence-electron chi connectivity index (χ1n) is 15.9. The third kappa shape index (κ3) is 5.51. The standard InChI is InChI=1S/C18H23.C16H19.2CH3.2ClH.H2Si.Zr/c1-13(2)16-11-15-9-6-10-17(18(15)12-16)14-7-4-3-5-8-14;1-12-10-14-8-5-9-15(16(14)11-12)13-6-3-2-4-7-13;;;;;;/h6,9-14H,3-5,7-8H2,1-2H3;5,8-11,13H,2-4,6-7H2,1H3;2*1H3;2*1H;1H2;. The summed E-state index contributed by atoms with van der Waals surface area (Å²) in [5, 5.41) is 0. The van der Waals surface area contributed by atoms with E-state index in [0.29, 0.717) is 13.2 Å². The molecule has 0 heterocycles. The van der Waals surface area contributed by atoms with Crippen molar-refractivity contribution in [2.75, 3.05) is 0 Å². The van der Waals surface area contributed by atoms with E-state index in [4.69, 9.17) is 0 Å². The smallest absolute Gasteiger partial charge is 0.147 e. The zero-order chi connectivity index (χ0) is 26.7. The molecule has 4 heteroatoms. The Bertz CT molecular complexity index is 1370. The molecule has 2 atom stereocenters. The predicted molar refractivity (Wildman–Crippen MR) is 181 cm³/mol. The van der Waals surface area contributed by atoms with E-state index in [0.717, 1.165) is 11.8 Å². The van der Waals surface area contributed by atoms with Crippen LogP contribution in [0.2, 0.25) is 9.26 Å². The molecule has 2 saturated carbocycles. The van der Waals surface area contributed by atoms with Crippen molar-refractivity contribution >= 4 is 43.8 Å². The van der Waals surface area contributed by atoms with Crippen molar-refractivity contribution in [3.8, 4) is 0 Å². The Balaban J connectivity index is 0.00000185. The van der Waals surface area contributed by atoms with Crippen LogP contribution < -0.4 is 0 Å². The van der Waals surface area contributed by atoms with Gasteiger partial charge in [-0.05, 0) is 0 Å². The summed E-state index contributed by atoms with van der Waals surface area (Å²) in [7, 11) is 0. The van der Waals surface area contributed by atoms with E-state index in [1.807, 2.05) is 0 Å². The molecule has 0 radical (unpaired) electrons. The van der Waals surface area contributed by atoms with Crippen LogP contribution in [0, 0.1) is 5.92 Å². The molecule has 0 amide bonds. The number of halogens is 2. The Morgan fingerprint density at radius 2 is 1.07 bits per heavy atom. The summed E-state index contributed by atoms with van der Waals surface area (Å²) < 4.78 is 6.94. The Hall–Kier alpha value is -0.400. The first-order chi connectivity index (χ1) is 18.2. The number of fused-ring (bicyclic) bond motifs is 2. The molecule has 6 rings (SSSR count). The fourth-order valence-corrected chi connectivity index (χ4v) is 30.1. The molecule has 0 saturated heterocycles. The van der Waals surface area contributed by atoms with Crippen molar-refractivity contribution in [3.05, 3.63) is 80.9 Å². The molecule has 218 valence electrons. The number of hydrogen-bond acceptors (Lipinski definition) is 0. The van der Waals surface area contributed by atoms with Crippen LogP contribution in [0.15, 0.2) is 47.5 Å². The molecule has 4 aliphatic carbocycles. The van der Waals surface area contributed by atoms with Crippen LogP contribution in [-0.2, 0) is 17.4 Å². The van der Waals surface area contributed by atoms with Crippen LogP contribution >= 0.6 is 24.8 Å². The van der Waals surface area contributed by atoms with Crippen LogP contribution in [0.4, 0.5) is 0 Å². The number of allylic oxidation sites excluding steroid dienone is 2. The summed E-state index contributed by atoms with van der Waals surface area (Å²) in [5.74, 6) is 2.14. The molecule has 4 aliphatic rings. The summed E-state index contributed by atoms with van der Waals surface area (Å²) in [4.78, 5) is 0. The normalized spacial score (nSPS) is 23.6. The van der Waals surface area contributed by atoms with Crippen LogP contribution in [0.5, 0.6) is 0 Å². The van der Waals surface area contributed by atoms with Gasteiger partial charge in [0, 0.05) is 0 Å². The molecule has 0 bridgehead atoms. The van der Waals surface area contributed by atoms with Crippen molar-refractivity contribution in [2.24, 2.45) is 5.92 Å². The van der Waals surface area contributed by atoms with Crippen LogP contribution in [0.25, 0.3) is 12.2 Å². The second kappa shape index (κ2) is 12.3. The molecule has 0 spiro atoms. The van der Waals surface area contributed by atoms with E-state index in [1.165, 1.54) is 64.2 Å². The summed E-state index contributed by atoms with van der Waals surface area (Å²) >= 11 is -3.47. The van der Waals surface area contributed by atoms with Gasteiger partial charge in [0.25, 0.3) is 0 Å². The van der Waals surface area contributed by atoms with E-state index in [1.54, 1.807) is 44.5 Å². The minimum absolute atomic E-state index is 0. The van der Waals surface area contributed by atoms with Gasteiger partial charge in [0.05, 0.1) is 0 Å². The minimum Gasteiger partial charge on any atom is -0.147 e. The number of hydrogen-bond donors (Lipinski definition) is 0. The third-order valence-electron chi connectivity index (χ3n) is 11.1. The maximum Gasteiger partial charge on any atom is -0.147 e. The minimum atomic E-state index is -3.47. The maximum atomic E-state index is 2.83. The number of rotatable bonds is 5. The molecular formula is C36H52Cl2SiZr. The molecule has 2 unspecified atom stereocenters. The van der Waals surface area contributed by atoms with Gasteiger partial charge in [-0.15, -0.1) is 24.8 Å². The van der Waals surface area contributed by atoms with E-state index in [2.05, 4.69) is 85.5 Å². The summed E-state index contributed by atoms with van der Waals surface area (Å²) in [6, 6.07) is 14.9. The van der Waals surface area contributed by atoms with Gasteiger partial charge in [0.1, 0.15) is 0 Å². The van der Waals surface area contributed by atoms with Gasteiger partial charge in [-0.25, -0.2) is 0 Å². The zero-order valence-corrected chi connectivity index (χ0v) is 31.1. The van der Waals surface area contributed by atoms with Gasteiger partial charge in [0.2, 0.25) is 0 Å². The largest absolute Gasteiger partial charge is 0.147 e. The summed E-state index contributed by atoms with van der Waals surface area (Å²) in [5.41, 5.74) is 13.4. The molecule has 0 aromatic heterocycles. The molecule has 0 nitrogen and oxygen atoms in total. The van der Waals surface area contributed by atoms with E-state index in [9.17, 15) is 0 Å². The second-order valence-electron chi connectivity index (χ2n) is 14.9. The predicted octanol–water partition coefficient (Wildman–Crippen LogP) is 11.2. The average Bonchev–Trinajstić information content (AvgIpc) is 3.48. The Morgan fingerprint density at radius 1 is 0.650 bits per heavy atom. The van der Waals surface area contributed by atoms with Crippen molar-refractivity contribution in [1.82, 2.24) is 0 Å². The fraction of sp³-hybridized carbons (Fsp3) is 0.556. The van der Waals surface area contributed by atoms with Gasteiger partial charge in [-0.2, -0.15) is 0 Å². The molecule has 40 heavy (non-hydrogen) atoms. The average molecular weight is 675 g/mol. The second-order valence-corrected chi connectivity index (χ2v) is 45.3. The first-order valence-corrected chi connectivity index (χ1v) is 29.6. The van der Waals surface area contributed by atoms with Crippen molar-refractivity contribution in [2.45, 2.75) is 113 Å². The molecule has 0 N–H and O–H groups in total. The summed E-state index contributed by atoms with van der Waals surface area (Å²) in [6.45, 7) is 9.93. The molecule has 2 fully saturated rings. The third-order valence-corrected chi connectivity index (χ3v) is 28.7. The molecular weight excluding hydrogens is 623 g/mol. The molecule has 0 aliphatic heterocycles. The summed E-state index contributed by atoms with van der Waals surface area (Å²) in [6.07, 6.45) is 19.4. The quantitative estimate of drug-likeness (QED) is 0.277. The Labute approximate surface area is 259 Å². The van der Waals surface area contributed by atoms with Crippen molar-refractivity contribution in [1.29, 1.82) is 0 Å². The van der Waals surface area contributed by atoms with E-state index in [-0.39, 0.29) is 24.8 Å².